The van der Waals surface area contributed by atoms with Gasteiger partial charge in [-0.25, -0.2) is 15.0 Å². The Balaban J connectivity index is 1.05. The molecule has 0 spiro atoms. The molecule has 0 aliphatic heterocycles. The van der Waals surface area contributed by atoms with E-state index in [0.29, 0.717) is 17.5 Å². The van der Waals surface area contributed by atoms with Crippen molar-refractivity contribution in [2.24, 2.45) is 0 Å². The zero-order chi connectivity index (χ0) is 37.7. The standard InChI is InChI=1S/C53H33N3S/c1-2-11-34(12-3-1)39-27-29-44-41(32-39)15-10-19-48(44)53-55-51(37-24-21-36(22-25-37)40-28-30-46-45-17-8-9-20-49(45)57-50(46)33-40)54-52(56-53)47-18-7-6-16-43(47)42-26-23-35-13-4-5-14-38(35)31-42/h1-33H. The number of benzene rings is 9. The number of hydrogen-bond donors (Lipinski definition) is 0. The topological polar surface area (TPSA) is 38.7 Å². The van der Waals surface area contributed by atoms with Crippen LogP contribution < -0.4 is 0 Å². The van der Waals surface area contributed by atoms with Crippen molar-refractivity contribution < 1.29 is 0 Å². The molecule has 4 heteroatoms. The Hall–Kier alpha value is -7.27. The van der Waals surface area contributed by atoms with Crippen LogP contribution in [0.4, 0.5) is 0 Å². The lowest BCUT2D eigenvalue weighted by Gasteiger charge is -2.14. The van der Waals surface area contributed by atoms with Gasteiger partial charge in [0.1, 0.15) is 0 Å². The summed E-state index contributed by atoms with van der Waals surface area (Å²) in [7, 11) is 0. The zero-order valence-electron chi connectivity index (χ0n) is 30.8. The first kappa shape index (κ1) is 33.1. The van der Waals surface area contributed by atoms with Gasteiger partial charge in [-0.3, -0.25) is 0 Å². The number of nitrogens with zero attached hydrogens (tertiary/aromatic N) is 3. The fourth-order valence-corrected chi connectivity index (χ4v) is 9.18. The van der Waals surface area contributed by atoms with Crippen LogP contribution in [0.2, 0.25) is 0 Å². The largest absolute Gasteiger partial charge is 0.208 e. The highest BCUT2D eigenvalue weighted by Crippen LogP contribution is 2.38. The predicted octanol–water partition coefficient (Wildman–Crippen LogP) is 14.5. The lowest BCUT2D eigenvalue weighted by Crippen LogP contribution is -2.01. The van der Waals surface area contributed by atoms with Crippen molar-refractivity contribution in [2.45, 2.75) is 0 Å². The molecule has 0 unspecified atom stereocenters. The minimum atomic E-state index is 0.632. The number of fused-ring (bicyclic) bond motifs is 5. The van der Waals surface area contributed by atoms with E-state index in [9.17, 15) is 0 Å². The fourth-order valence-electron chi connectivity index (χ4n) is 8.04. The summed E-state index contributed by atoms with van der Waals surface area (Å²) in [6.07, 6.45) is 0. The van der Waals surface area contributed by atoms with Crippen molar-refractivity contribution in [2.75, 3.05) is 0 Å². The average molecular weight is 744 g/mol. The van der Waals surface area contributed by atoms with Crippen LogP contribution in [0.3, 0.4) is 0 Å². The first-order valence-electron chi connectivity index (χ1n) is 19.2. The van der Waals surface area contributed by atoms with Crippen LogP contribution >= 0.6 is 11.3 Å². The van der Waals surface area contributed by atoms with Crippen LogP contribution in [-0.2, 0) is 0 Å². The van der Waals surface area contributed by atoms with E-state index in [1.807, 2.05) is 11.3 Å². The normalized spacial score (nSPS) is 11.5. The molecule has 0 saturated heterocycles. The summed E-state index contributed by atoms with van der Waals surface area (Å²) in [5.41, 5.74) is 9.74. The number of rotatable bonds is 6. The summed E-state index contributed by atoms with van der Waals surface area (Å²) in [5, 5.41) is 7.24. The van der Waals surface area contributed by atoms with Crippen LogP contribution in [0.5, 0.6) is 0 Å². The summed E-state index contributed by atoms with van der Waals surface area (Å²) in [5.74, 6) is 1.91. The second-order valence-corrected chi connectivity index (χ2v) is 15.5. The second kappa shape index (κ2) is 13.8. The highest BCUT2D eigenvalue weighted by Gasteiger charge is 2.18. The molecule has 57 heavy (non-hydrogen) atoms. The maximum atomic E-state index is 5.27. The van der Waals surface area contributed by atoms with E-state index < -0.39 is 0 Å². The molecule has 0 bridgehead atoms. The molecule has 11 aromatic rings. The molecular formula is C53H33N3S. The van der Waals surface area contributed by atoms with E-state index in [1.165, 1.54) is 47.6 Å². The maximum Gasteiger partial charge on any atom is 0.164 e. The van der Waals surface area contributed by atoms with Crippen molar-refractivity contribution >= 4 is 53.1 Å². The molecule has 0 aliphatic rings. The van der Waals surface area contributed by atoms with E-state index >= 15 is 0 Å². The smallest absolute Gasteiger partial charge is 0.164 e. The van der Waals surface area contributed by atoms with Gasteiger partial charge in [0.25, 0.3) is 0 Å². The Morgan fingerprint density at radius 1 is 0.263 bits per heavy atom. The van der Waals surface area contributed by atoms with E-state index in [2.05, 4.69) is 200 Å². The first-order valence-corrected chi connectivity index (χ1v) is 20.0. The third-order valence-corrected chi connectivity index (χ3v) is 12.1. The van der Waals surface area contributed by atoms with Gasteiger partial charge in [-0.1, -0.05) is 176 Å². The third kappa shape index (κ3) is 6.04. The Morgan fingerprint density at radius 3 is 1.67 bits per heavy atom. The van der Waals surface area contributed by atoms with Gasteiger partial charge in [0.2, 0.25) is 0 Å². The van der Waals surface area contributed by atoms with Crippen LogP contribution in [0.15, 0.2) is 200 Å². The van der Waals surface area contributed by atoms with Crippen molar-refractivity contribution in [1.29, 1.82) is 0 Å². The monoisotopic (exact) mass is 743 g/mol. The molecule has 9 aromatic carbocycles. The molecule has 0 amide bonds. The van der Waals surface area contributed by atoms with Crippen molar-refractivity contribution in [1.82, 2.24) is 15.0 Å². The van der Waals surface area contributed by atoms with Crippen molar-refractivity contribution in [3.05, 3.63) is 200 Å². The molecule has 0 aliphatic carbocycles. The summed E-state index contributed by atoms with van der Waals surface area (Å²) >= 11 is 1.84. The summed E-state index contributed by atoms with van der Waals surface area (Å²) in [4.78, 5) is 15.7. The number of hydrogen-bond acceptors (Lipinski definition) is 4. The third-order valence-electron chi connectivity index (χ3n) is 10.9. The Labute approximate surface area is 334 Å². The highest BCUT2D eigenvalue weighted by molar-refractivity contribution is 7.25. The lowest BCUT2D eigenvalue weighted by molar-refractivity contribution is 1.08. The van der Waals surface area contributed by atoms with Gasteiger partial charge in [0.15, 0.2) is 17.5 Å². The van der Waals surface area contributed by atoms with Gasteiger partial charge in [-0.15, -0.1) is 11.3 Å². The minimum Gasteiger partial charge on any atom is -0.208 e. The number of aromatic nitrogens is 3. The molecule has 3 nitrogen and oxygen atoms in total. The van der Waals surface area contributed by atoms with Gasteiger partial charge in [0, 0.05) is 36.9 Å². The Bertz CT molecular complexity index is 3290. The molecule has 0 atom stereocenters. The molecule has 266 valence electrons. The Kier molecular flexibility index (Phi) is 8.01. The van der Waals surface area contributed by atoms with Crippen molar-refractivity contribution in [3.63, 3.8) is 0 Å². The quantitative estimate of drug-likeness (QED) is 0.170. The minimum absolute atomic E-state index is 0.632. The molecule has 0 saturated carbocycles. The van der Waals surface area contributed by atoms with Gasteiger partial charge >= 0.3 is 0 Å². The van der Waals surface area contributed by atoms with Crippen LogP contribution in [0.25, 0.3) is 109 Å². The molecule has 0 N–H and O–H groups in total. The molecule has 2 aromatic heterocycles. The summed E-state index contributed by atoms with van der Waals surface area (Å²) in [6, 6.07) is 71.1. The SMILES string of the molecule is c1ccc(-c2ccc3c(-c4nc(-c5ccc(-c6ccc7c(c6)sc6ccccc67)cc5)nc(-c5ccccc5-c5ccc6ccccc6c5)n4)cccc3c2)cc1. The van der Waals surface area contributed by atoms with Gasteiger partial charge in [-0.2, -0.15) is 0 Å². The van der Waals surface area contributed by atoms with Crippen LogP contribution in [-0.4, -0.2) is 15.0 Å². The van der Waals surface area contributed by atoms with Crippen LogP contribution in [0, 0.1) is 0 Å². The van der Waals surface area contributed by atoms with Gasteiger partial charge in [-0.05, 0) is 79.2 Å². The van der Waals surface area contributed by atoms with Crippen LogP contribution in [0.1, 0.15) is 0 Å². The first-order chi connectivity index (χ1) is 28.2. The highest BCUT2D eigenvalue weighted by atomic mass is 32.1. The van der Waals surface area contributed by atoms with E-state index in [1.54, 1.807) is 0 Å². The molecule has 2 heterocycles. The lowest BCUT2D eigenvalue weighted by atomic mass is 9.96. The van der Waals surface area contributed by atoms with E-state index in [0.717, 1.165) is 44.2 Å². The Morgan fingerprint density at radius 2 is 0.807 bits per heavy atom. The molecule has 0 radical (unpaired) electrons. The fraction of sp³-hybridized carbons (Fsp3) is 0. The van der Waals surface area contributed by atoms with Gasteiger partial charge in [0.05, 0.1) is 0 Å². The van der Waals surface area contributed by atoms with Gasteiger partial charge < -0.3 is 0 Å². The molecule has 0 fully saturated rings. The second-order valence-electron chi connectivity index (χ2n) is 14.4. The number of thiophene rings is 1. The summed E-state index contributed by atoms with van der Waals surface area (Å²) < 4.78 is 2.60. The van der Waals surface area contributed by atoms with Crippen molar-refractivity contribution in [3.8, 4) is 67.5 Å². The predicted molar refractivity (Wildman–Crippen MR) is 240 cm³/mol. The molecular weight excluding hydrogens is 711 g/mol. The maximum absolute atomic E-state index is 5.27. The average Bonchev–Trinajstić information content (AvgIpc) is 3.67. The zero-order valence-corrected chi connectivity index (χ0v) is 31.6. The van der Waals surface area contributed by atoms with E-state index in [4.69, 9.17) is 15.0 Å². The summed E-state index contributed by atoms with van der Waals surface area (Å²) in [6.45, 7) is 0. The molecule has 11 rings (SSSR count). The van der Waals surface area contributed by atoms with E-state index in [-0.39, 0.29) is 0 Å².